The minimum atomic E-state index is -1.34. The van der Waals surface area contributed by atoms with Crippen LogP contribution in [0.25, 0.3) is 17.5 Å². The Morgan fingerprint density at radius 3 is 2.59 bits per heavy atom. The van der Waals surface area contributed by atoms with E-state index in [1.54, 1.807) is 24.3 Å². The van der Waals surface area contributed by atoms with Gasteiger partial charge in [0.05, 0.1) is 4.92 Å². The van der Waals surface area contributed by atoms with Crippen molar-refractivity contribution in [1.29, 1.82) is 0 Å². The summed E-state index contributed by atoms with van der Waals surface area (Å²) in [5, 5.41) is 38.7. The monoisotopic (exact) mass is 497 g/mol. The van der Waals surface area contributed by atoms with Crippen molar-refractivity contribution < 1.29 is 24.3 Å². The number of phenols is 1. The number of nitro benzene ring substituents is 1. The molecule has 148 valence electrons. The van der Waals surface area contributed by atoms with Gasteiger partial charge in [-0.2, -0.15) is 0 Å². The molecule has 29 heavy (non-hydrogen) atoms. The van der Waals surface area contributed by atoms with Gasteiger partial charge in [-0.05, 0) is 48.2 Å². The predicted octanol–water partition coefficient (Wildman–Crippen LogP) is 4.98. The molecular formula is C17H9BrClN3O6S. The molecule has 0 aliphatic rings. The fraction of sp³-hybridized carbons (Fsp3) is 0. The van der Waals surface area contributed by atoms with E-state index in [0.29, 0.717) is 26.8 Å². The molecule has 0 aliphatic carbocycles. The number of rotatable bonds is 6. The van der Waals surface area contributed by atoms with Crippen LogP contribution in [0.4, 0.5) is 5.69 Å². The minimum Gasteiger partial charge on any atom is -0.502 e. The van der Waals surface area contributed by atoms with Crippen LogP contribution in [0.2, 0.25) is 5.02 Å². The molecule has 12 heteroatoms. The topological polar surface area (TPSA) is 140 Å². The number of aromatic nitrogens is 2. The maximum absolute atomic E-state index is 11.6. The summed E-state index contributed by atoms with van der Waals surface area (Å²) in [5.74, 6) is -1.84. The summed E-state index contributed by atoms with van der Waals surface area (Å²) in [4.78, 5) is 21.6. The molecule has 3 aromatic rings. The van der Waals surface area contributed by atoms with Gasteiger partial charge < -0.3 is 14.6 Å². The Balaban J connectivity index is 1.93. The first-order valence-electron chi connectivity index (χ1n) is 7.64. The maximum Gasteiger partial charge on any atom is 0.342 e. The van der Waals surface area contributed by atoms with Crippen molar-refractivity contribution in [2.75, 3.05) is 0 Å². The van der Waals surface area contributed by atoms with Gasteiger partial charge in [0.15, 0.2) is 0 Å². The van der Waals surface area contributed by atoms with E-state index >= 15 is 0 Å². The summed E-state index contributed by atoms with van der Waals surface area (Å²) in [6.45, 7) is 0. The average molecular weight is 499 g/mol. The van der Waals surface area contributed by atoms with Crippen LogP contribution in [0.3, 0.4) is 0 Å². The van der Waals surface area contributed by atoms with Crippen LogP contribution in [0.15, 0.2) is 55.4 Å². The molecule has 0 bridgehead atoms. The van der Waals surface area contributed by atoms with Crippen LogP contribution >= 0.6 is 39.3 Å². The molecule has 0 saturated heterocycles. The largest absolute Gasteiger partial charge is 0.502 e. The lowest BCUT2D eigenvalue weighted by Crippen LogP contribution is -1.97. The predicted molar refractivity (Wildman–Crippen MR) is 109 cm³/mol. The van der Waals surface area contributed by atoms with Gasteiger partial charge in [-0.3, -0.25) is 10.1 Å². The Morgan fingerprint density at radius 1 is 1.28 bits per heavy atom. The smallest absolute Gasteiger partial charge is 0.342 e. The van der Waals surface area contributed by atoms with E-state index in [9.17, 15) is 25.1 Å². The van der Waals surface area contributed by atoms with Gasteiger partial charge in [0, 0.05) is 26.7 Å². The quantitative estimate of drug-likeness (QED) is 0.208. The number of nitro groups is 1. The number of carboxylic acids is 1. The van der Waals surface area contributed by atoms with Gasteiger partial charge in [-0.15, -0.1) is 10.2 Å². The number of phenolic OH excluding ortho intramolecular Hbond substituents is 1. The Hall–Kier alpha value is -2.89. The number of hydrogen-bond donors (Lipinski definition) is 2. The third kappa shape index (κ3) is 4.94. The normalized spacial score (nSPS) is 11.4. The van der Waals surface area contributed by atoms with Crippen molar-refractivity contribution in [3.8, 4) is 17.2 Å². The zero-order chi connectivity index (χ0) is 21.1. The molecule has 9 nitrogen and oxygen atoms in total. The van der Waals surface area contributed by atoms with E-state index in [1.165, 1.54) is 6.07 Å². The van der Waals surface area contributed by atoms with Crippen LogP contribution < -0.4 is 0 Å². The van der Waals surface area contributed by atoms with Crippen LogP contribution in [-0.2, 0) is 4.79 Å². The van der Waals surface area contributed by atoms with E-state index in [0.717, 1.165) is 12.1 Å². The highest BCUT2D eigenvalue weighted by atomic mass is 79.9. The number of carbonyl (C=O) groups is 1. The molecule has 0 saturated carbocycles. The van der Waals surface area contributed by atoms with Gasteiger partial charge in [0.2, 0.25) is 11.6 Å². The highest BCUT2D eigenvalue weighted by Gasteiger charge is 2.21. The summed E-state index contributed by atoms with van der Waals surface area (Å²) < 4.78 is 5.75. The highest BCUT2D eigenvalue weighted by molar-refractivity contribution is 9.10. The van der Waals surface area contributed by atoms with Gasteiger partial charge in [0.25, 0.3) is 5.22 Å². The SMILES string of the molecule is O=C(O)/C(=C/c1cc(Br)cc([N+](=O)[O-])c1O)Sc1nnc(-c2ccc(Cl)cc2)o1. The molecule has 0 aliphatic heterocycles. The Morgan fingerprint density at radius 2 is 1.97 bits per heavy atom. The van der Waals surface area contributed by atoms with Crippen LogP contribution in [-0.4, -0.2) is 31.3 Å². The van der Waals surface area contributed by atoms with Crippen molar-refractivity contribution in [1.82, 2.24) is 10.2 Å². The molecule has 0 unspecified atom stereocenters. The number of carboxylic acid groups (broad SMARTS) is 1. The molecule has 1 aromatic heterocycles. The molecule has 2 N–H and O–H groups in total. The van der Waals surface area contributed by atoms with Crippen molar-refractivity contribution in [2.45, 2.75) is 5.22 Å². The fourth-order valence-electron chi connectivity index (χ4n) is 2.18. The van der Waals surface area contributed by atoms with Crippen LogP contribution in [0.1, 0.15) is 5.56 Å². The second-order valence-electron chi connectivity index (χ2n) is 5.42. The molecule has 1 heterocycles. The first-order valence-corrected chi connectivity index (χ1v) is 9.62. The van der Waals surface area contributed by atoms with Gasteiger partial charge in [-0.1, -0.05) is 27.5 Å². The van der Waals surface area contributed by atoms with E-state index in [4.69, 9.17) is 16.0 Å². The number of hydrogen-bond acceptors (Lipinski definition) is 8. The molecule has 0 radical (unpaired) electrons. The molecular weight excluding hydrogens is 490 g/mol. The standard InChI is InChI=1S/C17H9BrClN3O6S/c18-10-5-9(14(23)12(7-10)22(26)27)6-13(16(24)25)29-17-21-20-15(28-17)8-1-3-11(19)4-2-8/h1-7,23H,(H,24,25)/b13-6-. The number of thioether (sulfide) groups is 1. The molecule has 0 fully saturated rings. The molecule has 2 aromatic carbocycles. The zero-order valence-electron chi connectivity index (χ0n) is 14.1. The summed E-state index contributed by atoms with van der Waals surface area (Å²) in [6, 6.07) is 9.06. The van der Waals surface area contributed by atoms with Crippen LogP contribution in [0.5, 0.6) is 5.75 Å². The maximum atomic E-state index is 11.6. The molecule has 0 amide bonds. The summed E-state index contributed by atoms with van der Waals surface area (Å²) in [6.07, 6.45) is 1.08. The molecule has 3 rings (SSSR count). The van der Waals surface area contributed by atoms with Crippen molar-refractivity contribution in [3.63, 3.8) is 0 Å². The molecule has 0 atom stereocenters. The summed E-state index contributed by atoms with van der Waals surface area (Å²) in [7, 11) is 0. The Labute approximate surface area is 180 Å². The van der Waals surface area contributed by atoms with Gasteiger partial charge in [-0.25, -0.2) is 4.79 Å². The number of aliphatic carboxylic acids is 1. The summed E-state index contributed by atoms with van der Waals surface area (Å²) >= 11 is 9.56. The van der Waals surface area contributed by atoms with E-state index in [2.05, 4.69) is 26.1 Å². The molecule has 0 spiro atoms. The Kier molecular flexibility index (Phi) is 6.20. The van der Waals surface area contributed by atoms with Gasteiger partial charge >= 0.3 is 11.7 Å². The fourth-order valence-corrected chi connectivity index (χ4v) is 3.44. The lowest BCUT2D eigenvalue weighted by atomic mass is 10.1. The number of nitrogens with zero attached hydrogens (tertiary/aromatic N) is 3. The number of halogens is 2. The lowest BCUT2D eigenvalue weighted by molar-refractivity contribution is -0.385. The Bertz CT molecular complexity index is 1130. The first kappa shape index (κ1) is 20.8. The number of benzene rings is 2. The second-order valence-corrected chi connectivity index (χ2v) is 7.76. The van der Waals surface area contributed by atoms with Crippen molar-refractivity contribution in [3.05, 3.63) is 66.5 Å². The lowest BCUT2D eigenvalue weighted by Gasteiger charge is -2.04. The second kappa shape index (κ2) is 8.64. The third-order valence-electron chi connectivity index (χ3n) is 3.47. The average Bonchev–Trinajstić information content (AvgIpc) is 3.12. The van der Waals surface area contributed by atoms with Gasteiger partial charge in [0.1, 0.15) is 4.91 Å². The third-order valence-corrected chi connectivity index (χ3v) is 5.03. The van der Waals surface area contributed by atoms with Crippen molar-refractivity contribution >= 4 is 57.0 Å². The van der Waals surface area contributed by atoms with E-state index < -0.39 is 22.3 Å². The van der Waals surface area contributed by atoms with Crippen molar-refractivity contribution in [2.24, 2.45) is 0 Å². The van der Waals surface area contributed by atoms with E-state index in [1.807, 2.05) is 0 Å². The first-order chi connectivity index (χ1) is 13.7. The zero-order valence-corrected chi connectivity index (χ0v) is 17.2. The highest BCUT2D eigenvalue weighted by Crippen LogP contribution is 2.37. The summed E-state index contributed by atoms with van der Waals surface area (Å²) in [5.41, 5.74) is -0.0357. The minimum absolute atomic E-state index is 0.0617. The number of aromatic hydroxyl groups is 1. The van der Waals surface area contributed by atoms with Crippen LogP contribution in [0, 0.1) is 10.1 Å². The van der Waals surface area contributed by atoms with E-state index in [-0.39, 0.29) is 21.6 Å².